The van der Waals surface area contributed by atoms with Gasteiger partial charge in [-0.25, -0.2) is 9.59 Å². The van der Waals surface area contributed by atoms with E-state index in [1.165, 1.54) is 0 Å². The lowest BCUT2D eigenvalue weighted by molar-refractivity contribution is 0.0475. The standard InChI is InChI=1S/C30H25NO5/c1-19-10-12-21(13-11-19)29(33)36-22-16-14-20(15-17-22)27(32)18-35-30(34)28-23-6-2-4-8-25(23)31-26-9-5-3-7-24(26)28/h2,4,6,8,10-17H,3,5,7,9,18H2,1H3. The molecule has 0 spiro atoms. The highest BCUT2D eigenvalue weighted by Crippen LogP contribution is 2.30. The van der Waals surface area contributed by atoms with E-state index < -0.39 is 11.9 Å². The van der Waals surface area contributed by atoms with Crippen molar-refractivity contribution >= 4 is 28.6 Å². The van der Waals surface area contributed by atoms with E-state index in [9.17, 15) is 14.4 Å². The average molecular weight is 480 g/mol. The SMILES string of the molecule is Cc1ccc(C(=O)Oc2ccc(C(=O)COC(=O)c3c4c(nc5ccccc35)CCCC4)cc2)cc1. The minimum atomic E-state index is -0.510. The number of fused-ring (bicyclic) bond motifs is 2. The number of carbonyl (C=O) groups is 3. The molecule has 0 radical (unpaired) electrons. The van der Waals surface area contributed by atoms with Gasteiger partial charge in [0, 0.05) is 16.6 Å². The molecule has 0 bridgehead atoms. The van der Waals surface area contributed by atoms with Gasteiger partial charge in [-0.05, 0) is 80.6 Å². The Kier molecular flexibility index (Phi) is 6.58. The summed E-state index contributed by atoms with van der Waals surface area (Å²) in [5, 5.41) is 0.746. The van der Waals surface area contributed by atoms with Crippen LogP contribution in [0.2, 0.25) is 0 Å². The first-order valence-corrected chi connectivity index (χ1v) is 12.0. The molecule has 3 aromatic carbocycles. The number of aromatic nitrogens is 1. The number of carbonyl (C=O) groups excluding carboxylic acids is 3. The highest BCUT2D eigenvalue weighted by molar-refractivity contribution is 6.06. The molecule has 1 heterocycles. The fourth-order valence-corrected chi connectivity index (χ4v) is 4.46. The van der Waals surface area contributed by atoms with Crippen LogP contribution in [0, 0.1) is 6.92 Å². The Bertz CT molecular complexity index is 1460. The Hall–Kier alpha value is -4.32. The zero-order valence-electron chi connectivity index (χ0n) is 20.0. The van der Waals surface area contributed by atoms with Crippen molar-refractivity contribution in [1.82, 2.24) is 4.98 Å². The monoisotopic (exact) mass is 479 g/mol. The van der Waals surface area contributed by atoms with E-state index in [-0.39, 0.29) is 12.4 Å². The molecule has 36 heavy (non-hydrogen) atoms. The van der Waals surface area contributed by atoms with Crippen LogP contribution in [0.1, 0.15) is 60.7 Å². The van der Waals surface area contributed by atoms with Gasteiger partial charge in [0.25, 0.3) is 0 Å². The molecule has 1 aromatic heterocycles. The number of aryl methyl sites for hydroxylation is 2. The third-order valence-electron chi connectivity index (χ3n) is 6.38. The molecule has 0 N–H and O–H groups in total. The number of Topliss-reactive ketones (excluding diaryl/α,β-unsaturated/α-hetero) is 1. The molecular weight excluding hydrogens is 454 g/mol. The number of para-hydroxylation sites is 1. The fourth-order valence-electron chi connectivity index (χ4n) is 4.46. The summed E-state index contributed by atoms with van der Waals surface area (Å²) < 4.78 is 10.9. The zero-order chi connectivity index (χ0) is 25.1. The molecule has 0 saturated carbocycles. The molecule has 0 amide bonds. The van der Waals surface area contributed by atoms with Gasteiger partial charge in [0.15, 0.2) is 12.4 Å². The smallest absolute Gasteiger partial charge is 0.343 e. The normalized spacial score (nSPS) is 12.6. The van der Waals surface area contributed by atoms with Gasteiger partial charge >= 0.3 is 11.9 Å². The molecule has 1 aliphatic carbocycles. The first kappa shape index (κ1) is 23.4. The number of esters is 2. The molecule has 0 saturated heterocycles. The van der Waals surface area contributed by atoms with Crippen molar-refractivity contribution in [3.8, 4) is 5.75 Å². The summed E-state index contributed by atoms with van der Waals surface area (Å²) in [4.78, 5) is 42.9. The van der Waals surface area contributed by atoms with Crippen LogP contribution in [0.25, 0.3) is 10.9 Å². The second kappa shape index (κ2) is 10.1. The van der Waals surface area contributed by atoms with Crippen molar-refractivity contribution < 1.29 is 23.9 Å². The van der Waals surface area contributed by atoms with Gasteiger partial charge in [0.1, 0.15) is 5.75 Å². The summed E-state index contributed by atoms with van der Waals surface area (Å²) in [6, 6.07) is 20.8. The lowest BCUT2D eigenvalue weighted by Gasteiger charge is -2.19. The van der Waals surface area contributed by atoms with Crippen LogP contribution >= 0.6 is 0 Å². The minimum Gasteiger partial charge on any atom is -0.454 e. The van der Waals surface area contributed by atoms with Crippen LogP contribution < -0.4 is 4.74 Å². The number of ketones is 1. The highest BCUT2D eigenvalue weighted by Gasteiger charge is 2.24. The van der Waals surface area contributed by atoms with Gasteiger partial charge in [0.2, 0.25) is 0 Å². The lowest BCUT2D eigenvalue weighted by atomic mass is 9.90. The maximum atomic E-state index is 13.1. The van der Waals surface area contributed by atoms with Crippen molar-refractivity contribution in [2.24, 2.45) is 0 Å². The number of ether oxygens (including phenoxy) is 2. The number of benzene rings is 3. The maximum Gasteiger partial charge on any atom is 0.343 e. The van der Waals surface area contributed by atoms with Crippen LogP contribution in [0.15, 0.2) is 72.8 Å². The zero-order valence-corrected chi connectivity index (χ0v) is 20.0. The average Bonchev–Trinajstić information content (AvgIpc) is 2.91. The Morgan fingerprint density at radius 3 is 2.28 bits per heavy atom. The number of hydrogen-bond acceptors (Lipinski definition) is 6. The van der Waals surface area contributed by atoms with E-state index in [0.717, 1.165) is 53.4 Å². The van der Waals surface area contributed by atoms with Gasteiger partial charge in [-0.3, -0.25) is 9.78 Å². The quantitative estimate of drug-likeness (QED) is 0.201. The van der Waals surface area contributed by atoms with Crippen molar-refractivity contribution in [2.75, 3.05) is 6.61 Å². The molecule has 0 atom stereocenters. The van der Waals surface area contributed by atoms with Gasteiger partial charge in [-0.2, -0.15) is 0 Å². The second-order valence-corrected chi connectivity index (χ2v) is 8.92. The third kappa shape index (κ3) is 4.89. The molecule has 1 aliphatic rings. The van der Waals surface area contributed by atoms with Crippen LogP contribution in [0.5, 0.6) is 5.75 Å². The van der Waals surface area contributed by atoms with Gasteiger partial charge in [-0.15, -0.1) is 0 Å². The third-order valence-corrected chi connectivity index (χ3v) is 6.38. The molecule has 6 nitrogen and oxygen atoms in total. The van der Waals surface area contributed by atoms with E-state index in [0.29, 0.717) is 22.4 Å². The van der Waals surface area contributed by atoms with E-state index in [1.54, 1.807) is 36.4 Å². The predicted octanol–water partition coefficient (Wildman–Crippen LogP) is 5.68. The summed E-state index contributed by atoms with van der Waals surface area (Å²) in [5.74, 6) is -1.00. The molecule has 180 valence electrons. The van der Waals surface area contributed by atoms with Gasteiger partial charge in [-0.1, -0.05) is 35.9 Å². The van der Waals surface area contributed by atoms with E-state index in [4.69, 9.17) is 14.5 Å². The Labute approximate surface area is 208 Å². The Morgan fingerprint density at radius 2 is 1.50 bits per heavy atom. The molecule has 0 unspecified atom stereocenters. The summed E-state index contributed by atoms with van der Waals surface area (Å²) >= 11 is 0. The van der Waals surface area contributed by atoms with Crippen LogP contribution in [-0.4, -0.2) is 29.3 Å². The summed E-state index contributed by atoms with van der Waals surface area (Å²) in [7, 11) is 0. The first-order valence-electron chi connectivity index (χ1n) is 12.0. The van der Waals surface area contributed by atoms with Crippen molar-refractivity contribution in [2.45, 2.75) is 32.6 Å². The largest absolute Gasteiger partial charge is 0.454 e. The number of hydrogen-bond donors (Lipinski definition) is 0. The number of nitrogens with zero attached hydrogens (tertiary/aromatic N) is 1. The molecule has 5 rings (SSSR count). The van der Waals surface area contributed by atoms with Gasteiger partial charge < -0.3 is 9.47 Å². The molecule has 0 fully saturated rings. The molecule has 6 heteroatoms. The molecular formula is C30H25NO5. The summed E-state index contributed by atoms with van der Waals surface area (Å²) in [6.07, 6.45) is 3.64. The second-order valence-electron chi connectivity index (χ2n) is 8.92. The van der Waals surface area contributed by atoms with Crippen LogP contribution in [0.4, 0.5) is 0 Å². The van der Waals surface area contributed by atoms with Crippen molar-refractivity contribution in [3.05, 3.63) is 106 Å². The van der Waals surface area contributed by atoms with E-state index >= 15 is 0 Å². The topological polar surface area (TPSA) is 82.6 Å². The van der Waals surface area contributed by atoms with Crippen molar-refractivity contribution in [3.63, 3.8) is 0 Å². The van der Waals surface area contributed by atoms with E-state index in [2.05, 4.69) is 0 Å². The summed E-state index contributed by atoms with van der Waals surface area (Å²) in [6.45, 7) is 1.56. The Balaban J connectivity index is 1.26. The first-order chi connectivity index (χ1) is 17.5. The summed E-state index contributed by atoms with van der Waals surface area (Å²) in [5.41, 5.74) is 4.99. The maximum absolute atomic E-state index is 13.1. The Morgan fingerprint density at radius 1 is 0.806 bits per heavy atom. The van der Waals surface area contributed by atoms with Crippen LogP contribution in [0.3, 0.4) is 0 Å². The molecule has 0 aliphatic heterocycles. The molecule has 4 aromatic rings. The number of rotatable bonds is 6. The van der Waals surface area contributed by atoms with Crippen LogP contribution in [-0.2, 0) is 17.6 Å². The minimum absolute atomic E-state index is 0.323. The fraction of sp³-hybridized carbons (Fsp3) is 0.200. The predicted molar refractivity (Wildman–Crippen MR) is 136 cm³/mol. The van der Waals surface area contributed by atoms with Crippen molar-refractivity contribution in [1.29, 1.82) is 0 Å². The number of pyridine rings is 1. The van der Waals surface area contributed by atoms with Gasteiger partial charge in [0.05, 0.1) is 16.6 Å². The lowest BCUT2D eigenvalue weighted by Crippen LogP contribution is -2.19. The van der Waals surface area contributed by atoms with E-state index in [1.807, 2.05) is 43.3 Å². The highest BCUT2D eigenvalue weighted by atomic mass is 16.5.